The molecule has 0 fully saturated rings. The highest BCUT2D eigenvalue weighted by Crippen LogP contribution is 2.23. The van der Waals surface area contributed by atoms with E-state index in [1.807, 2.05) is 44.2 Å². The molecule has 2 rings (SSSR count). The highest BCUT2D eigenvalue weighted by atomic mass is 16.1. The van der Waals surface area contributed by atoms with Crippen LogP contribution in [0.2, 0.25) is 0 Å². The Morgan fingerprint density at radius 3 is 2.00 bits per heavy atom. The molecule has 2 nitrogen and oxygen atoms in total. The van der Waals surface area contributed by atoms with Crippen LogP contribution in [0.25, 0.3) is 5.57 Å². The van der Waals surface area contributed by atoms with Crippen molar-refractivity contribution in [3.05, 3.63) is 76.9 Å². The lowest BCUT2D eigenvalue weighted by molar-refractivity contribution is 0.105. The van der Waals surface area contributed by atoms with Gasteiger partial charge in [-0.25, -0.2) is 0 Å². The first-order valence-electron chi connectivity index (χ1n) is 6.41. The number of nitriles is 1. The standard InChI is InChI=1S/C18H15NO/c1-13(2)17(15-6-4-3-5-7-15)18(20)16-10-8-14(12-19)9-11-16/h3-11H,1-2H3. The zero-order valence-corrected chi connectivity index (χ0v) is 11.6. The number of rotatable bonds is 3. The Morgan fingerprint density at radius 2 is 1.50 bits per heavy atom. The molecule has 0 unspecified atom stereocenters. The number of carbonyl (C=O) groups excluding carboxylic acids is 1. The lowest BCUT2D eigenvalue weighted by atomic mass is 9.93. The molecule has 0 amide bonds. The molecule has 0 radical (unpaired) electrons. The predicted octanol–water partition coefficient (Wildman–Crippen LogP) is 4.23. The number of benzene rings is 2. The van der Waals surface area contributed by atoms with Crippen LogP contribution in [0.3, 0.4) is 0 Å². The summed E-state index contributed by atoms with van der Waals surface area (Å²) in [7, 11) is 0. The van der Waals surface area contributed by atoms with Crippen LogP contribution >= 0.6 is 0 Å². The zero-order valence-electron chi connectivity index (χ0n) is 11.6. The molecule has 0 aliphatic carbocycles. The highest BCUT2D eigenvalue weighted by molar-refractivity contribution is 6.29. The van der Waals surface area contributed by atoms with Gasteiger partial charge in [-0.05, 0) is 43.7 Å². The number of allylic oxidation sites excluding steroid dienone is 2. The maximum absolute atomic E-state index is 12.6. The van der Waals surface area contributed by atoms with E-state index in [1.165, 1.54) is 0 Å². The molecule has 0 bridgehead atoms. The molecule has 98 valence electrons. The first-order chi connectivity index (χ1) is 9.63. The minimum Gasteiger partial charge on any atom is -0.289 e. The molecule has 20 heavy (non-hydrogen) atoms. The molecule has 0 atom stereocenters. The van der Waals surface area contributed by atoms with Gasteiger partial charge in [0.15, 0.2) is 5.78 Å². The van der Waals surface area contributed by atoms with E-state index in [1.54, 1.807) is 24.3 Å². The summed E-state index contributed by atoms with van der Waals surface area (Å²) in [4.78, 5) is 12.6. The average molecular weight is 261 g/mol. The van der Waals surface area contributed by atoms with Crippen LogP contribution in [0.1, 0.15) is 35.3 Å². The fourth-order valence-electron chi connectivity index (χ4n) is 2.09. The maximum atomic E-state index is 12.6. The van der Waals surface area contributed by atoms with Crippen molar-refractivity contribution in [3.63, 3.8) is 0 Å². The third-order valence-corrected chi connectivity index (χ3v) is 3.07. The molecular formula is C18H15NO. The normalized spacial score (nSPS) is 9.65. The Balaban J connectivity index is 2.44. The summed E-state index contributed by atoms with van der Waals surface area (Å²) in [5.41, 5.74) is 3.77. The molecule has 0 aromatic heterocycles. The smallest absolute Gasteiger partial charge is 0.193 e. The van der Waals surface area contributed by atoms with Crippen LogP contribution in [0.5, 0.6) is 0 Å². The van der Waals surface area contributed by atoms with Gasteiger partial charge >= 0.3 is 0 Å². The van der Waals surface area contributed by atoms with E-state index in [-0.39, 0.29) is 5.78 Å². The van der Waals surface area contributed by atoms with Gasteiger partial charge in [-0.1, -0.05) is 35.9 Å². The number of Topliss-reactive ketones (excluding diaryl/α,β-unsaturated/α-hetero) is 1. The molecule has 2 heteroatoms. The number of nitrogens with zero attached hydrogens (tertiary/aromatic N) is 1. The van der Waals surface area contributed by atoms with Crippen molar-refractivity contribution in [2.24, 2.45) is 0 Å². The molecule has 2 aromatic carbocycles. The third-order valence-electron chi connectivity index (χ3n) is 3.07. The first-order valence-corrected chi connectivity index (χ1v) is 6.41. The van der Waals surface area contributed by atoms with Crippen LogP contribution in [0, 0.1) is 11.3 Å². The summed E-state index contributed by atoms with van der Waals surface area (Å²) in [6, 6.07) is 18.4. The summed E-state index contributed by atoms with van der Waals surface area (Å²) in [6.07, 6.45) is 0. The molecule has 0 heterocycles. The lowest BCUT2D eigenvalue weighted by Gasteiger charge is -2.09. The number of hydrogen-bond acceptors (Lipinski definition) is 2. The molecule has 0 saturated carbocycles. The van der Waals surface area contributed by atoms with Crippen molar-refractivity contribution < 1.29 is 4.79 Å². The van der Waals surface area contributed by atoms with Gasteiger partial charge in [-0.3, -0.25) is 4.79 Å². The Labute approximate surface area is 119 Å². The van der Waals surface area contributed by atoms with E-state index in [0.717, 1.165) is 16.7 Å². The average Bonchev–Trinajstić information content (AvgIpc) is 2.48. The van der Waals surface area contributed by atoms with Crippen molar-refractivity contribution in [1.29, 1.82) is 5.26 Å². The van der Waals surface area contributed by atoms with E-state index >= 15 is 0 Å². The number of carbonyl (C=O) groups is 1. The second-order valence-corrected chi connectivity index (χ2v) is 4.76. The summed E-state index contributed by atoms with van der Waals surface area (Å²) in [5.74, 6) is -0.0133. The van der Waals surface area contributed by atoms with Crippen molar-refractivity contribution in [2.75, 3.05) is 0 Å². The van der Waals surface area contributed by atoms with Crippen LogP contribution in [0.15, 0.2) is 60.2 Å². The maximum Gasteiger partial charge on any atom is 0.193 e. The van der Waals surface area contributed by atoms with Gasteiger partial charge in [0.25, 0.3) is 0 Å². The fraction of sp³-hybridized carbons (Fsp3) is 0.111. The monoisotopic (exact) mass is 261 g/mol. The quantitative estimate of drug-likeness (QED) is 0.612. The van der Waals surface area contributed by atoms with Gasteiger partial charge in [0.2, 0.25) is 0 Å². The summed E-state index contributed by atoms with van der Waals surface area (Å²) in [6.45, 7) is 3.87. The summed E-state index contributed by atoms with van der Waals surface area (Å²) in [5, 5.41) is 8.80. The minimum absolute atomic E-state index is 0.0133. The number of hydrogen-bond donors (Lipinski definition) is 0. The van der Waals surface area contributed by atoms with Crippen LogP contribution < -0.4 is 0 Å². The molecule has 0 saturated heterocycles. The Bertz CT molecular complexity index is 684. The molecule has 0 aliphatic heterocycles. The Morgan fingerprint density at radius 1 is 0.900 bits per heavy atom. The van der Waals surface area contributed by atoms with Gasteiger partial charge in [-0.15, -0.1) is 0 Å². The van der Waals surface area contributed by atoms with Gasteiger partial charge < -0.3 is 0 Å². The zero-order chi connectivity index (χ0) is 14.5. The first kappa shape index (κ1) is 13.8. The largest absolute Gasteiger partial charge is 0.289 e. The van der Waals surface area contributed by atoms with Gasteiger partial charge in [0.05, 0.1) is 11.6 Å². The topological polar surface area (TPSA) is 40.9 Å². The van der Waals surface area contributed by atoms with Gasteiger partial charge in [0, 0.05) is 11.1 Å². The highest BCUT2D eigenvalue weighted by Gasteiger charge is 2.15. The molecular weight excluding hydrogens is 246 g/mol. The molecule has 0 N–H and O–H groups in total. The lowest BCUT2D eigenvalue weighted by Crippen LogP contribution is -2.04. The summed E-state index contributed by atoms with van der Waals surface area (Å²) < 4.78 is 0. The third kappa shape index (κ3) is 2.84. The predicted molar refractivity (Wildman–Crippen MR) is 80.2 cm³/mol. The SMILES string of the molecule is CC(C)=C(C(=O)c1ccc(C#N)cc1)c1ccccc1. The van der Waals surface area contributed by atoms with E-state index in [2.05, 4.69) is 6.07 Å². The van der Waals surface area contributed by atoms with Crippen molar-refractivity contribution in [3.8, 4) is 6.07 Å². The van der Waals surface area contributed by atoms with E-state index in [4.69, 9.17) is 5.26 Å². The van der Waals surface area contributed by atoms with Crippen LogP contribution in [-0.2, 0) is 0 Å². The van der Waals surface area contributed by atoms with Gasteiger partial charge in [0.1, 0.15) is 0 Å². The molecule has 0 aliphatic rings. The van der Waals surface area contributed by atoms with E-state index in [9.17, 15) is 4.79 Å². The Hall–Kier alpha value is -2.66. The van der Waals surface area contributed by atoms with Gasteiger partial charge in [-0.2, -0.15) is 5.26 Å². The van der Waals surface area contributed by atoms with Crippen molar-refractivity contribution >= 4 is 11.4 Å². The van der Waals surface area contributed by atoms with Crippen LogP contribution in [0.4, 0.5) is 0 Å². The van der Waals surface area contributed by atoms with Crippen molar-refractivity contribution in [2.45, 2.75) is 13.8 Å². The molecule has 0 spiro atoms. The van der Waals surface area contributed by atoms with E-state index < -0.39 is 0 Å². The van der Waals surface area contributed by atoms with E-state index in [0.29, 0.717) is 11.1 Å². The Kier molecular flexibility index (Phi) is 4.12. The second kappa shape index (κ2) is 5.99. The van der Waals surface area contributed by atoms with Crippen LogP contribution in [-0.4, -0.2) is 5.78 Å². The van der Waals surface area contributed by atoms with Crippen molar-refractivity contribution in [1.82, 2.24) is 0 Å². The minimum atomic E-state index is -0.0133. The number of ketones is 1. The second-order valence-electron chi connectivity index (χ2n) is 4.76. The molecule has 2 aromatic rings. The fourth-order valence-corrected chi connectivity index (χ4v) is 2.09. The summed E-state index contributed by atoms with van der Waals surface area (Å²) >= 11 is 0.